The van der Waals surface area contributed by atoms with E-state index in [9.17, 15) is 18.3 Å². The van der Waals surface area contributed by atoms with Gasteiger partial charge in [0.2, 0.25) is 15.9 Å². The molecule has 23 heavy (non-hydrogen) atoms. The number of nitrogens with zero attached hydrogens (tertiary/aromatic N) is 3. The lowest BCUT2D eigenvalue weighted by Gasteiger charge is -2.39. The predicted octanol–water partition coefficient (Wildman–Crippen LogP) is -0.427. The van der Waals surface area contributed by atoms with Crippen LogP contribution in [0.4, 0.5) is 0 Å². The molecule has 0 aliphatic carbocycles. The van der Waals surface area contributed by atoms with Crippen LogP contribution < -0.4 is 0 Å². The smallest absolute Gasteiger partial charge is 0.227 e. The van der Waals surface area contributed by atoms with Crippen molar-refractivity contribution >= 4 is 15.9 Å². The molecule has 1 amide bonds. The van der Waals surface area contributed by atoms with Crippen molar-refractivity contribution in [3.8, 4) is 0 Å². The van der Waals surface area contributed by atoms with Gasteiger partial charge in [-0.2, -0.15) is 0 Å². The Hall–Kier alpha value is -0.700. The highest BCUT2D eigenvalue weighted by Crippen LogP contribution is 2.21. The summed E-state index contributed by atoms with van der Waals surface area (Å²) >= 11 is 0. The van der Waals surface area contributed by atoms with Gasteiger partial charge in [-0.15, -0.1) is 0 Å². The molecule has 2 rings (SSSR count). The molecule has 8 heteroatoms. The first-order valence-corrected chi connectivity index (χ1v) is 10.3. The number of β-amino-alcohol motifs (C(OH)–C–C–N with tert-alkyl or cyclic N) is 1. The second-order valence-electron chi connectivity index (χ2n) is 6.65. The van der Waals surface area contributed by atoms with E-state index >= 15 is 0 Å². The van der Waals surface area contributed by atoms with E-state index in [1.807, 2.05) is 11.8 Å². The van der Waals surface area contributed by atoms with E-state index in [0.29, 0.717) is 32.7 Å². The van der Waals surface area contributed by atoms with Crippen molar-refractivity contribution in [2.45, 2.75) is 32.3 Å². The zero-order chi connectivity index (χ0) is 17.0. The Kier molecular flexibility index (Phi) is 6.41. The molecule has 0 unspecified atom stereocenters. The Bertz CT molecular complexity index is 503. The number of aliphatic hydroxyl groups excluding tert-OH is 1. The van der Waals surface area contributed by atoms with Crippen LogP contribution in [-0.4, -0.2) is 91.7 Å². The number of rotatable bonds is 5. The third-order valence-electron chi connectivity index (χ3n) is 4.83. The summed E-state index contributed by atoms with van der Waals surface area (Å²) in [5.41, 5.74) is 0. The minimum atomic E-state index is -3.22. The van der Waals surface area contributed by atoms with E-state index in [-0.39, 0.29) is 17.9 Å². The number of hydrogen-bond acceptors (Lipinski definition) is 5. The number of hydrogen-bond donors (Lipinski definition) is 1. The van der Waals surface area contributed by atoms with Crippen LogP contribution in [0.1, 0.15) is 26.2 Å². The van der Waals surface area contributed by atoms with Crippen molar-refractivity contribution in [2.24, 2.45) is 5.92 Å². The Labute approximate surface area is 139 Å². The topological polar surface area (TPSA) is 81.2 Å². The van der Waals surface area contributed by atoms with Crippen LogP contribution in [0.3, 0.4) is 0 Å². The third-order valence-corrected chi connectivity index (χ3v) is 6.10. The highest BCUT2D eigenvalue weighted by Gasteiger charge is 2.33. The maximum atomic E-state index is 12.6. The second kappa shape index (κ2) is 7.92. The summed E-state index contributed by atoms with van der Waals surface area (Å²) in [6, 6.07) is 0. The van der Waals surface area contributed by atoms with Crippen molar-refractivity contribution in [3.05, 3.63) is 0 Å². The Morgan fingerprint density at radius 3 is 2.43 bits per heavy atom. The summed E-state index contributed by atoms with van der Waals surface area (Å²) in [7, 11) is -3.22. The fourth-order valence-electron chi connectivity index (χ4n) is 3.28. The zero-order valence-corrected chi connectivity index (χ0v) is 15.0. The third kappa shape index (κ3) is 5.14. The highest BCUT2D eigenvalue weighted by atomic mass is 32.2. The van der Waals surface area contributed by atoms with Gasteiger partial charge in [0.05, 0.1) is 18.3 Å². The minimum Gasteiger partial charge on any atom is -0.392 e. The Morgan fingerprint density at radius 2 is 1.87 bits per heavy atom. The number of piperidine rings is 1. The summed E-state index contributed by atoms with van der Waals surface area (Å²) in [6.07, 6.45) is 3.14. The monoisotopic (exact) mass is 347 g/mol. The van der Waals surface area contributed by atoms with Crippen LogP contribution in [-0.2, 0) is 14.8 Å². The number of carbonyl (C=O) groups excluding carboxylic acids is 1. The molecule has 134 valence electrons. The molecular formula is C15H29N3O4S. The first kappa shape index (κ1) is 18.6. The molecular weight excluding hydrogens is 318 g/mol. The molecule has 2 atom stereocenters. The van der Waals surface area contributed by atoms with Crippen molar-refractivity contribution in [1.29, 1.82) is 0 Å². The van der Waals surface area contributed by atoms with E-state index < -0.39 is 10.0 Å². The average Bonchev–Trinajstić information content (AvgIpc) is 2.54. The van der Waals surface area contributed by atoms with Crippen LogP contribution in [0, 0.1) is 5.92 Å². The lowest BCUT2D eigenvalue weighted by molar-refractivity contribution is -0.138. The van der Waals surface area contributed by atoms with Gasteiger partial charge in [0, 0.05) is 45.8 Å². The quantitative estimate of drug-likeness (QED) is 0.730. The van der Waals surface area contributed by atoms with Crippen LogP contribution in [0.2, 0.25) is 0 Å². The summed E-state index contributed by atoms with van der Waals surface area (Å²) in [4.78, 5) is 16.7. The van der Waals surface area contributed by atoms with E-state index in [0.717, 1.165) is 32.4 Å². The second-order valence-corrected chi connectivity index (χ2v) is 8.63. The fraction of sp³-hybridized carbons (Fsp3) is 0.933. The summed E-state index contributed by atoms with van der Waals surface area (Å²) in [5, 5.41) is 9.71. The maximum absolute atomic E-state index is 12.6. The van der Waals surface area contributed by atoms with Gasteiger partial charge < -0.3 is 10.0 Å². The standard InChI is InChI=1S/C15H29N3O4S/c1-3-14(19)12-16-7-9-17(10-8-16)15(20)13-5-4-6-18(11-13)23(2,21)22/h13-14,19H,3-12H2,1-2H3/t13-,14-/m0/s1. The van der Waals surface area contributed by atoms with Crippen molar-refractivity contribution in [3.63, 3.8) is 0 Å². The van der Waals surface area contributed by atoms with E-state index in [1.54, 1.807) is 0 Å². The minimum absolute atomic E-state index is 0.0778. The summed E-state index contributed by atoms with van der Waals surface area (Å²) in [6.45, 7) is 6.30. The van der Waals surface area contributed by atoms with Crippen LogP contribution in [0.15, 0.2) is 0 Å². The Morgan fingerprint density at radius 1 is 1.22 bits per heavy atom. The first-order chi connectivity index (χ1) is 10.8. The molecule has 2 saturated heterocycles. The molecule has 0 spiro atoms. The number of amides is 1. The SMILES string of the molecule is CC[C@H](O)CN1CCN(C(=O)[C@H]2CCCN(S(C)(=O)=O)C2)CC1. The van der Waals surface area contributed by atoms with E-state index in [2.05, 4.69) is 4.90 Å². The maximum Gasteiger partial charge on any atom is 0.227 e. The van der Waals surface area contributed by atoms with Gasteiger partial charge in [-0.1, -0.05) is 6.92 Å². The van der Waals surface area contributed by atoms with Gasteiger partial charge in [-0.3, -0.25) is 9.69 Å². The van der Waals surface area contributed by atoms with E-state index in [4.69, 9.17) is 0 Å². The van der Waals surface area contributed by atoms with Crippen molar-refractivity contribution in [2.75, 3.05) is 52.1 Å². The molecule has 0 bridgehead atoms. The number of carbonyl (C=O) groups is 1. The number of piperazine rings is 1. The molecule has 0 aromatic carbocycles. The van der Waals surface area contributed by atoms with Gasteiger partial charge in [0.25, 0.3) is 0 Å². The predicted molar refractivity (Wildman–Crippen MR) is 88.5 cm³/mol. The molecule has 7 nitrogen and oxygen atoms in total. The van der Waals surface area contributed by atoms with Gasteiger partial charge >= 0.3 is 0 Å². The lowest BCUT2D eigenvalue weighted by Crippen LogP contribution is -2.53. The molecule has 0 aromatic rings. The summed E-state index contributed by atoms with van der Waals surface area (Å²) < 4.78 is 24.8. The molecule has 2 aliphatic heterocycles. The molecule has 0 radical (unpaired) electrons. The van der Waals surface area contributed by atoms with Crippen molar-refractivity contribution < 1.29 is 18.3 Å². The van der Waals surface area contributed by atoms with Gasteiger partial charge in [-0.25, -0.2) is 12.7 Å². The molecule has 2 aliphatic rings. The summed E-state index contributed by atoms with van der Waals surface area (Å²) in [5.74, 6) is -0.139. The largest absolute Gasteiger partial charge is 0.392 e. The number of aliphatic hydroxyl groups is 1. The molecule has 1 N–H and O–H groups in total. The number of sulfonamides is 1. The van der Waals surface area contributed by atoms with Crippen molar-refractivity contribution in [1.82, 2.24) is 14.1 Å². The Balaban J connectivity index is 1.85. The molecule has 0 saturated carbocycles. The van der Waals surface area contributed by atoms with Crippen LogP contribution in [0.25, 0.3) is 0 Å². The van der Waals surface area contributed by atoms with Gasteiger partial charge in [0.15, 0.2) is 0 Å². The molecule has 0 aromatic heterocycles. The van der Waals surface area contributed by atoms with E-state index in [1.165, 1.54) is 10.6 Å². The fourth-order valence-corrected chi connectivity index (χ4v) is 4.19. The highest BCUT2D eigenvalue weighted by molar-refractivity contribution is 7.88. The van der Waals surface area contributed by atoms with Crippen LogP contribution in [0.5, 0.6) is 0 Å². The average molecular weight is 347 g/mol. The van der Waals surface area contributed by atoms with Gasteiger partial charge in [-0.05, 0) is 19.3 Å². The van der Waals surface area contributed by atoms with Gasteiger partial charge in [0.1, 0.15) is 0 Å². The lowest BCUT2D eigenvalue weighted by atomic mass is 9.97. The normalized spacial score (nSPS) is 26.2. The molecule has 2 fully saturated rings. The molecule has 2 heterocycles. The van der Waals surface area contributed by atoms with Crippen LogP contribution >= 0.6 is 0 Å². The zero-order valence-electron chi connectivity index (χ0n) is 14.1. The first-order valence-electron chi connectivity index (χ1n) is 8.45.